The molecule has 4 aromatic rings. The molecule has 43 heavy (non-hydrogen) atoms. The Kier molecular flexibility index (Phi) is 11.5. The van der Waals surface area contributed by atoms with Crippen LogP contribution in [0.2, 0.25) is 0 Å². The highest BCUT2D eigenvalue weighted by atomic mass is 35.5. The minimum atomic E-state index is -0.511. The minimum absolute atomic E-state index is 0. The van der Waals surface area contributed by atoms with E-state index in [-0.39, 0.29) is 29.8 Å². The number of methoxy groups -OCH3 is 3. The molecule has 0 aliphatic carbocycles. The third kappa shape index (κ3) is 8.50. The van der Waals surface area contributed by atoms with E-state index in [0.717, 1.165) is 24.0 Å². The number of guanidine groups is 1. The first-order valence-electron chi connectivity index (χ1n) is 13.3. The number of hydrogen-bond acceptors (Lipinski definition) is 6. The predicted molar refractivity (Wildman–Crippen MR) is 164 cm³/mol. The number of ether oxygens (including phenoxy) is 3. The third-order valence-electron chi connectivity index (χ3n) is 6.65. The Morgan fingerprint density at radius 2 is 1.35 bits per heavy atom. The molecule has 0 aromatic heterocycles. The van der Waals surface area contributed by atoms with Crippen molar-refractivity contribution in [3.8, 4) is 17.2 Å². The second-order valence-electron chi connectivity index (χ2n) is 9.50. The number of nitrogens with one attached hydrogen (secondary N) is 2. The van der Waals surface area contributed by atoms with Gasteiger partial charge in [0.05, 0.1) is 27.0 Å². The summed E-state index contributed by atoms with van der Waals surface area (Å²) in [5.74, 6) is 0.157. The molecule has 4 rings (SSSR count). The van der Waals surface area contributed by atoms with Gasteiger partial charge >= 0.3 is 0 Å². The number of carbonyl (C=O) groups is 2. The van der Waals surface area contributed by atoms with Crippen LogP contribution in [0.15, 0.2) is 89.9 Å². The smallest absolute Gasteiger partial charge is 0.258 e. The largest absolute Gasteiger partial charge is 1.00 e. The number of amides is 2. The third-order valence-corrected chi connectivity index (χ3v) is 6.65. The van der Waals surface area contributed by atoms with Crippen LogP contribution in [-0.2, 0) is 12.8 Å². The van der Waals surface area contributed by atoms with Crippen LogP contribution in [0.1, 0.15) is 37.4 Å². The van der Waals surface area contributed by atoms with Gasteiger partial charge in [-0.25, -0.2) is 4.99 Å². The normalized spacial score (nSPS) is 10.7. The fraction of sp³-hybridized carbons (Fsp3) is 0.182. The number of rotatable bonds is 10. The molecule has 224 valence electrons. The van der Waals surface area contributed by atoms with Crippen molar-refractivity contribution in [2.45, 2.75) is 19.8 Å². The van der Waals surface area contributed by atoms with Crippen LogP contribution < -0.4 is 43.0 Å². The maximum atomic E-state index is 13.0. The lowest BCUT2D eigenvalue weighted by Crippen LogP contribution is -3.00. The van der Waals surface area contributed by atoms with Crippen molar-refractivity contribution in [1.82, 2.24) is 5.32 Å². The van der Waals surface area contributed by atoms with Gasteiger partial charge in [0.15, 0.2) is 11.5 Å². The molecule has 0 radical (unpaired) electrons. The van der Waals surface area contributed by atoms with E-state index in [4.69, 9.17) is 19.9 Å². The Labute approximate surface area is 257 Å². The number of nitrogens with two attached hydrogens (primary N) is 1. The molecule has 10 heteroatoms. The van der Waals surface area contributed by atoms with E-state index in [1.54, 1.807) is 12.1 Å². The lowest BCUT2D eigenvalue weighted by Gasteiger charge is -2.14. The lowest BCUT2D eigenvalue weighted by atomic mass is 10.0. The highest BCUT2D eigenvalue weighted by Crippen LogP contribution is 2.38. The average molecular weight is 602 g/mol. The van der Waals surface area contributed by atoms with Gasteiger partial charge in [0.25, 0.3) is 11.8 Å². The van der Waals surface area contributed by atoms with Gasteiger partial charge in [0.2, 0.25) is 11.7 Å². The quantitative estimate of drug-likeness (QED) is 0.189. The van der Waals surface area contributed by atoms with Gasteiger partial charge in [-0.1, -0.05) is 48.5 Å². The Balaban J connectivity index is 0.00000506. The average Bonchev–Trinajstić information content (AvgIpc) is 3.01. The van der Waals surface area contributed by atoms with Crippen molar-refractivity contribution in [3.63, 3.8) is 0 Å². The molecule has 0 saturated carbocycles. The van der Waals surface area contributed by atoms with Gasteiger partial charge in [0, 0.05) is 16.8 Å². The number of nitrogens with zero attached hydrogens (tertiary/aromatic N) is 1. The van der Waals surface area contributed by atoms with E-state index in [2.05, 4.69) is 27.8 Å². The predicted octanol–water partition coefficient (Wildman–Crippen LogP) is 2.44. The van der Waals surface area contributed by atoms with Crippen LogP contribution in [0.25, 0.3) is 0 Å². The zero-order valence-corrected chi connectivity index (χ0v) is 25.2. The molecule has 9 nitrogen and oxygen atoms in total. The minimum Gasteiger partial charge on any atom is -1.00 e. The van der Waals surface area contributed by atoms with Crippen molar-refractivity contribution in [3.05, 3.63) is 113 Å². The summed E-state index contributed by atoms with van der Waals surface area (Å²) in [6.45, 7) is 1.88. The summed E-state index contributed by atoms with van der Waals surface area (Å²) in [5, 5.41) is 5.51. The van der Waals surface area contributed by atoms with Gasteiger partial charge in [-0.15, -0.1) is 0 Å². The first-order chi connectivity index (χ1) is 20.3. The van der Waals surface area contributed by atoms with E-state index >= 15 is 0 Å². The molecule has 0 saturated heterocycles. The molecular formula is C33H34ClN4O5-. The highest BCUT2D eigenvalue weighted by Gasteiger charge is 2.17. The van der Waals surface area contributed by atoms with Crippen LogP contribution in [-0.4, -0.2) is 39.1 Å². The van der Waals surface area contributed by atoms with Gasteiger partial charge in [-0.3, -0.25) is 14.9 Å². The first kappa shape index (κ1) is 32.5. The van der Waals surface area contributed by atoms with Crippen molar-refractivity contribution < 1.29 is 36.2 Å². The Morgan fingerprint density at radius 1 is 0.744 bits per heavy atom. The zero-order valence-electron chi connectivity index (χ0n) is 24.4. The molecule has 0 unspecified atom stereocenters. The number of benzene rings is 4. The second kappa shape index (κ2) is 15.3. The van der Waals surface area contributed by atoms with Crippen molar-refractivity contribution >= 4 is 29.1 Å². The van der Waals surface area contributed by atoms with E-state index in [9.17, 15) is 9.59 Å². The molecule has 0 heterocycles. The van der Waals surface area contributed by atoms with E-state index in [0.29, 0.717) is 34.2 Å². The summed E-state index contributed by atoms with van der Waals surface area (Å²) >= 11 is 0. The molecule has 0 aliphatic heterocycles. The number of aryl methyl sites for hydroxylation is 3. The number of aliphatic imine (C=N–C) groups is 1. The molecule has 0 atom stereocenters. The summed E-state index contributed by atoms with van der Waals surface area (Å²) in [4.78, 5) is 30.2. The molecule has 0 bridgehead atoms. The Bertz CT molecular complexity index is 1570. The van der Waals surface area contributed by atoms with Gasteiger partial charge in [-0.2, -0.15) is 0 Å². The maximum absolute atomic E-state index is 13.0. The SMILES string of the molecule is COc1cc(C(=O)NC(N)=Nc2ccc(C)c(NC(=O)c3ccc(CCc4ccccc4)cc3)c2)cc(OC)c1OC.[Cl-]. The molecule has 0 spiro atoms. The maximum Gasteiger partial charge on any atom is 0.258 e. The molecule has 0 fully saturated rings. The lowest BCUT2D eigenvalue weighted by molar-refractivity contribution is -0.0000252. The number of carbonyl (C=O) groups excluding carboxylic acids is 2. The van der Waals surface area contributed by atoms with E-state index in [1.165, 1.54) is 39.0 Å². The molecule has 4 aromatic carbocycles. The van der Waals surface area contributed by atoms with E-state index in [1.807, 2.05) is 55.5 Å². The molecule has 2 amide bonds. The fourth-order valence-corrected chi connectivity index (χ4v) is 4.33. The zero-order chi connectivity index (χ0) is 30.1. The van der Waals surface area contributed by atoms with Crippen LogP contribution in [0.5, 0.6) is 17.2 Å². The van der Waals surface area contributed by atoms with Crippen molar-refractivity contribution in [2.75, 3.05) is 26.6 Å². The topological polar surface area (TPSA) is 124 Å². The van der Waals surface area contributed by atoms with Gasteiger partial charge < -0.3 is 37.7 Å². The molecule has 0 aliphatic rings. The Hall–Kier alpha value is -5.02. The summed E-state index contributed by atoms with van der Waals surface area (Å²) < 4.78 is 15.9. The summed E-state index contributed by atoms with van der Waals surface area (Å²) in [6, 6.07) is 26.2. The Morgan fingerprint density at radius 3 is 1.93 bits per heavy atom. The molecular weight excluding hydrogens is 568 g/mol. The van der Waals surface area contributed by atoms with Crippen molar-refractivity contribution in [2.24, 2.45) is 10.7 Å². The van der Waals surface area contributed by atoms with Crippen molar-refractivity contribution in [1.29, 1.82) is 0 Å². The van der Waals surface area contributed by atoms with Crippen LogP contribution >= 0.6 is 0 Å². The van der Waals surface area contributed by atoms with E-state index < -0.39 is 5.91 Å². The number of anilines is 1. The number of hydrogen-bond donors (Lipinski definition) is 3. The number of halogens is 1. The fourth-order valence-electron chi connectivity index (χ4n) is 4.33. The second-order valence-corrected chi connectivity index (χ2v) is 9.50. The standard InChI is InChI=1S/C33H34N4O5.ClH/c1-21-10-17-26(35-33(34)37-32(39)25-18-28(40-2)30(42-4)29(19-25)41-3)20-27(21)36-31(38)24-15-13-23(14-16-24)12-11-22-8-6-5-7-9-22;/h5-10,13-20H,11-12H2,1-4H3,(H,36,38)(H3,34,35,37,39);1H/p-1. The summed E-state index contributed by atoms with van der Waals surface area (Å²) in [6.07, 6.45) is 1.83. The summed E-state index contributed by atoms with van der Waals surface area (Å²) in [7, 11) is 4.41. The molecule has 4 N–H and O–H groups in total. The summed E-state index contributed by atoms with van der Waals surface area (Å²) in [5.41, 5.74) is 11.1. The highest BCUT2D eigenvalue weighted by molar-refractivity contribution is 6.07. The van der Waals surface area contributed by atoms with Crippen LogP contribution in [0.4, 0.5) is 11.4 Å². The van der Waals surface area contributed by atoms with Crippen LogP contribution in [0, 0.1) is 6.92 Å². The first-order valence-corrected chi connectivity index (χ1v) is 13.3. The monoisotopic (exact) mass is 601 g/mol. The van der Waals surface area contributed by atoms with Gasteiger partial charge in [0.1, 0.15) is 0 Å². The van der Waals surface area contributed by atoms with Crippen LogP contribution in [0.3, 0.4) is 0 Å². The van der Waals surface area contributed by atoms with Gasteiger partial charge in [-0.05, 0) is 72.9 Å².